The van der Waals surface area contributed by atoms with Crippen LogP contribution in [0.3, 0.4) is 0 Å². The third-order valence-corrected chi connectivity index (χ3v) is 6.87. The van der Waals surface area contributed by atoms with Crippen molar-refractivity contribution in [3.63, 3.8) is 0 Å². The van der Waals surface area contributed by atoms with Gasteiger partial charge in [-0.1, -0.05) is 25.1 Å². The Morgan fingerprint density at radius 3 is 2.42 bits per heavy atom. The number of sulfonamides is 1. The van der Waals surface area contributed by atoms with Crippen LogP contribution in [0.4, 0.5) is 11.5 Å². The summed E-state index contributed by atoms with van der Waals surface area (Å²) in [5.74, 6) is -0.456. The number of carboxylic acids is 1. The number of nitrogens with zero attached hydrogens (tertiary/aromatic N) is 3. The minimum absolute atomic E-state index is 0.0960. The van der Waals surface area contributed by atoms with Crippen molar-refractivity contribution >= 4 is 38.4 Å². The first-order valence-corrected chi connectivity index (χ1v) is 11.6. The Kier molecular flexibility index (Phi) is 5.79. The van der Waals surface area contributed by atoms with Crippen LogP contribution in [0.5, 0.6) is 0 Å². The van der Waals surface area contributed by atoms with E-state index in [9.17, 15) is 18.3 Å². The topological polar surface area (TPSA) is 103 Å². The van der Waals surface area contributed by atoms with Crippen molar-refractivity contribution in [2.75, 3.05) is 42.3 Å². The van der Waals surface area contributed by atoms with Crippen LogP contribution in [0.15, 0.2) is 59.5 Å². The van der Waals surface area contributed by atoms with Crippen molar-refractivity contribution in [2.24, 2.45) is 0 Å². The third-order valence-electron chi connectivity index (χ3n) is 5.47. The van der Waals surface area contributed by atoms with Crippen LogP contribution in [0, 0.1) is 0 Å². The Morgan fingerprint density at radius 1 is 1.06 bits per heavy atom. The summed E-state index contributed by atoms with van der Waals surface area (Å²) in [7, 11) is -3.78. The zero-order valence-corrected chi connectivity index (χ0v) is 18.0. The highest BCUT2D eigenvalue weighted by Crippen LogP contribution is 2.27. The summed E-state index contributed by atoms with van der Waals surface area (Å²) in [6, 6.07) is 14.4. The van der Waals surface area contributed by atoms with Gasteiger partial charge >= 0.3 is 5.97 Å². The van der Waals surface area contributed by atoms with Crippen LogP contribution in [-0.4, -0.2) is 62.1 Å². The van der Waals surface area contributed by atoms with Crippen molar-refractivity contribution in [1.29, 1.82) is 0 Å². The molecule has 0 amide bonds. The number of hydrogen-bond donors (Lipinski definition) is 2. The summed E-state index contributed by atoms with van der Waals surface area (Å²) in [5.41, 5.74) is 0.888. The molecule has 9 heteroatoms. The van der Waals surface area contributed by atoms with Gasteiger partial charge in [0.1, 0.15) is 5.82 Å². The van der Waals surface area contributed by atoms with Gasteiger partial charge in [0.15, 0.2) is 0 Å². The maximum atomic E-state index is 12.6. The van der Waals surface area contributed by atoms with Gasteiger partial charge in [0.2, 0.25) is 0 Å². The van der Waals surface area contributed by atoms with Crippen LogP contribution >= 0.6 is 0 Å². The number of aromatic nitrogens is 1. The van der Waals surface area contributed by atoms with Gasteiger partial charge in [0, 0.05) is 37.3 Å². The lowest BCUT2D eigenvalue weighted by molar-refractivity contribution is 0.0699. The predicted octanol–water partition coefficient (Wildman–Crippen LogP) is 2.88. The molecule has 0 spiro atoms. The lowest BCUT2D eigenvalue weighted by Gasteiger charge is -2.35. The number of piperazine rings is 1. The van der Waals surface area contributed by atoms with E-state index in [2.05, 4.69) is 26.4 Å². The molecule has 1 aliphatic rings. The zero-order chi connectivity index (χ0) is 22.0. The summed E-state index contributed by atoms with van der Waals surface area (Å²) in [4.78, 5) is 21.2. The highest BCUT2D eigenvalue weighted by Gasteiger charge is 2.21. The number of likely N-dealkylation sites (N-methyl/N-ethyl adjacent to an activating group) is 1. The number of fused-ring (bicyclic) bond motifs is 1. The first kappa shape index (κ1) is 21.1. The second-order valence-electron chi connectivity index (χ2n) is 7.40. The Bertz CT molecular complexity index is 1210. The molecule has 4 rings (SSSR count). The smallest absolute Gasteiger partial charge is 0.336 e. The van der Waals surface area contributed by atoms with Crippen LogP contribution in [-0.2, 0) is 10.0 Å². The summed E-state index contributed by atoms with van der Waals surface area (Å²) in [6.45, 7) is 6.47. The molecule has 2 aromatic carbocycles. The van der Waals surface area contributed by atoms with E-state index >= 15 is 0 Å². The Balaban J connectivity index is 1.68. The van der Waals surface area contributed by atoms with E-state index in [0.29, 0.717) is 16.7 Å². The Labute approximate surface area is 181 Å². The largest absolute Gasteiger partial charge is 0.478 e. The Morgan fingerprint density at radius 2 is 1.77 bits per heavy atom. The van der Waals surface area contributed by atoms with Gasteiger partial charge in [-0.25, -0.2) is 18.2 Å². The molecule has 3 aromatic rings. The van der Waals surface area contributed by atoms with Gasteiger partial charge in [-0.15, -0.1) is 0 Å². The van der Waals surface area contributed by atoms with E-state index in [1.807, 2.05) is 0 Å². The molecule has 1 saturated heterocycles. The average molecular weight is 441 g/mol. The summed E-state index contributed by atoms with van der Waals surface area (Å²) >= 11 is 0. The molecule has 0 unspecified atom stereocenters. The number of carboxylic acid groups (broad SMARTS) is 1. The molecule has 1 aliphatic heterocycles. The van der Waals surface area contributed by atoms with Crippen LogP contribution in [0.1, 0.15) is 17.3 Å². The van der Waals surface area contributed by atoms with E-state index < -0.39 is 16.0 Å². The van der Waals surface area contributed by atoms with Gasteiger partial charge < -0.3 is 14.9 Å². The molecule has 0 saturated carbocycles. The number of aromatic carboxylic acids is 1. The molecule has 2 N–H and O–H groups in total. The summed E-state index contributed by atoms with van der Waals surface area (Å²) < 4.78 is 27.7. The fraction of sp³-hybridized carbons (Fsp3) is 0.273. The number of hydrogen-bond acceptors (Lipinski definition) is 6. The number of nitrogens with one attached hydrogen (secondary N) is 1. The first-order valence-electron chi connectivity index (χ1n) is 10.1. The molecule has 1 fully saturated rings. The SMILES string of the molecule is CCN1CCN(c2cc(C(=O)O)c3cc(NS(=O)(=O)c4ccccc4)ccc3n2)CC1. The molecular formula is C22H24N4O4S. The van der Waals surface area contributed by atoms with E-state index in [4.69, 9.17) is 0 Å². The summed E-state index contributed by atoms with van der Waals surface area (Å²) in [5, 5.41) is 10.2. The van der Waals surface area contributed by atoms with E-state index in [1.165, 1.54) is 18.2 Å². The van der Waals surface area contributed by atoms with Gasteiger partial charge in [0.25, 0.3) is 10.0 Å². The molecule has 0 atom stereocenters. The van der Waals surface area contributed by atoms with Crippen molar-refractivity contribution in [3.8, 4) is 0 Å². The van der Waals surface area contributed by atoms with E-state index in [1.54, 1.807) is 36.4 Å². The van der Waals surface area contributed by atoms with Crippen molar-refractivity contribution < 1.29 is 18.3 Å². The number of rotatable bonds is 6. The van der Waals surface area contributed by atoms with Crippen molar-refractivity contribution in [2.45, 2.75) is 11.8 Å². The van der Waals surface area contributed by atoms with Crippen LogP contribution < -0.4 is 9.62 Å². The molecule has 0 aliphatic carbocycles. The number of benzene rings is 2. The maximum absolute atomic E-state index is 12.6. The summed E-state index contributed by atoms with van der Waals surface area (Å²) in [6.07, 6.45) is 0. The van der Waals surface area contributed by atoms with Gasteiger partial charge in [-0.05, 0) is 42.9 Å². The molecule has 31 heavy (non-hydrogen) atoms. The van der Waals surface area contributed by atoms with E-state index in [0.717, 1.165) is 32.7 Å². The lowest BCUT2D eigenvalue weighted by atomic mass is 10.1. The van der Waals surface area contributed by atoms with Gasteiger partial charge in [0.05, 0.1) is 16.0 Å². The fourth-order valence-corrected chi connectivity index (χ4v) is 4.79. The lowest BCUT2D eigenvalue weighted by Crippen LogP contribution is -2.46. The number of carbonyl (C=O) groups is 1. The van der Waals surface area contributed by atoms with E-state index in [-0.39, 0.29) is 16.1 Å². The molecule has 0 radical (unpaired) electrons. The standard InChI is InChI=1S/C22H24N4O4S/c1-2-25-10-12-26(13-11-25)21-15-19(22(27)28)18-14-16(8-9-20(18)23-21)24-31(29,30)17-6-4-3-5-7-17/h3-9,14-15,24H,2,10-13H2,1H3,(H,27,28). The van der Waals surface area contributed by atoms with Crippen molar-refractivity contribution in [3.05, 3.63) is 60.2 Å². The van der Waals surface area contributed by atoms with Crippen molar-refractivity contribution in [1.82, 2.24) is 9.88 Å². The van der Waals surface area contributed by atoms with Gasteiger partial charge in [-0.2, -0.15) is 0 Å². The van der Waals surface area contributed by atoms with Gasteiger partial charge in [-0.3, -0.25) is 4.72 Å². The molecule has 162 valence electrons. The highest BCUT2D eigenvalue weighted by atomic mass is 32.2. The zero-order valence-electron chi connectivity index (χ0n) is 17.2. The molecular weight excluding hydrogens is 416 g/mol. The minimum atomic E-state index is -3.78. The quantitative estimate of drug-likeness (QED) is 0.608. The van der Waals surface area contributed by atoms with Crippen LogP contribution in [0.25, 0.3) is 10.9 Å². The third kappa shape index (κ3) is 4.47. The highest BCUT2D eigenvalue weighted by molar-refractivity contribution is 7.92. The first-order chi connectivity index (χ1) is 14.9. The molecule has 0 bridgehead atoms. The second-order valence-corrected chi connectivity index (χ2v) is 9.09. The fourth-order valence-electron chi connectivity index (χ4n) is 3.72. The molecule has 2 heterocycles. The number of pyridine rings is 1. The second kappa shape index (κ2) is 8.52. The monoisotopic (exact) mass is 440 g/mol. The van der Waals surface area contributed by atoms with Crippen LogP contribution in [0.2, 0.25) is 0 Å². The normalized spacial score (nSPS) is 15.2. The minimum Gasteiger partial charge on any atom is -0.478 e. The maximum Gasteiger partial charge on any atom is 0.336 e. The molecule has 8 nitrogen and oxygen atoms in total. The Hall–Kier alpha value is -3.17. The predicted molar refractivity (Wildman–Crippen MR) is 120 cm³/mol. The average Bonchev–Trinajstić information content (AvgIpc) is 2.78. The molecule has 1 aromatic heterocycles. The number of anilines is 2.